The standard InChI is InChI=1S/C23H26N4O2/c1-15-8-10-26-16(2)12-25-22(26)21(15)23(28)27-13-17-6-7-19(27)11-18(17)14-29-20-5-3-4-9-24-20/h3-5,8-10,12,17-19H,6-7,11,13-14H2,1-2H3. The van der Waals surface area contributed by atoms with Crippen LogP contribution < -0.4 is 4.74 Å². The average Bonchev–Trinajstić information content (AvgIpc) is 3.13. The molecule has 1 amide bonds. The zero-order valence-corrected chi connectivity index (χ0v) is 16.9. The quantitative estimate of drug-likeness (QED) is 0.682. The van der Waals surface area contributed by atoms with Gasteiger partial charge in [0.05, 0.1) is 12.2 Å². The van der Waals surface area contributed by atoms with Gasteiger partial charge in [-0.1, -0.05) is 6.07 Å². The van der Waals surface area contributed by atoms with Gasteiger partial charge >= 0.3 is 0 Å². The van der Waals surface area contributed by atoms with Gasteiger partial charge in [-0.2, -0.15) is 0 Å². The third-order valence-corrected chi connectivity index (χ3v) is 6.62. The van der Waals surface area contributed by atoms with Crippen molar-refractivity contribution in [3.63, 3.8) is 0 Å². The van der Waals surface area contributed by atoms with Gasteiger partial charge in [-0.15, -0.1) is 0 Å². The van der Waals surface area contributed by atoms with Gasteiger partial charge < -0.3 is 14.0 Å². The van der Waals surface area contributed by atoms with Gasteiger partial charge in [0.25, 0.3) is 5.91 Å². The number of rotatable bonds is 4. The van der Waals surface area contributed by atoms with Crippen LogP contribution in [0.2, 0.25) is 0 Å². The molecule has 150 valence electrons. The maximum Gasteiger partial charge on any atom is 0.258 e. The Bertz CT molecular complexity index is 1050. The molecule has 1 aliphatic carbocycles. The molecule has 3 aliphatic rings. The molecular weight excluding hydrogens is 364 g/mol. The SMILES string of the molecule is Cc1ccn2c(C)cnc2c1C(=O)N1CC2CCC1CC2COc1ccccn1. The third kappa shape index (κ3) is 3.16. The molecule has 3 fully saturated rings. The van der Waals surface area contributed by atoms with E-state index in [2.05, 4.69) is 14.9 Å². The molecule has 5 heterocycles. The Kier molecular flexibility index (Phi) is 4.49. The molecule has 3 aromatic rings. The van der Waals surface area contributed by atoms with Crippen LogP contribution in [0.15, 0.2) is 42.9 Å². The van der Waals surface area contributed by atoms with Crippen molar-refractivity contribution in [3.8, 4) is 5.88 Å². The number of pyridine rings is 2. The fraction of sp³-hybridized carbons (Fsp3) is 0.435. The fourth-order valence-corrected chi connectivity index (χ4v) is 4.98. The summed E-state index contributed by atoms with van der Waals surface area (Å²) in [6, 6.07) is 8.02. The van der Waals surface area contributed by atoms with E-state index in [-0.39, 0.29) is 11.9 Å². The second-order valence-electron chi connectivity index (χ2n) is 8.39. The van der Waals surface area contributed by atoms with Crippen LogP contribution in [0.4, 0.5) is 0 Å². The molecule has 2 aliphatic heterocycles. The minimum Gasteiger partial charge on any atom is -0.477 e. The summed E-state index contributed by atoms with van der Waals surface area (Å²) in [6.45, 7) is 5.50. The predicted molar refractivity (Wildman–Crippen MR) is 110 cm³/mol. The van der Waals surface area contributed by atoms with Crippen LogP contribution in [-0.4, -0.2) is 44.4 Å². The Hall–Kier alpha value is -2.89. The van der Waals surface area contributed by atoms with Crippen molar-refractivity contribution in [2.75, 3.05) is 13.2 Å². The fourth-order valence-electron chi connectivity index (χ4n) is 4.98. The maximum atomic E-state index is 13.6. The largest absolute Gasteiger partial charge is 0.477 e. The molecule has 6 heteroatoms. The van der Waals surface area contributed by atoms with Gasteiger partial charge in [0.2, 0.25) is 5.88 Å². The Balaban J connectivity index is 1.34. The number of hydrogen-bond acceptors (Lipinski definition) is 4. The van der Waals surface area contributed by atoms with Gasteiger partial charge in [0.1, 0.15) is 5.65 Å². The van der Waals surface area contributed by atoms with Crippen molar-refractivity contribution in [1.82, 2.24) is 19.3 Å². The van der Waals surface area contributed by atoms with Crippen LogP contribution in [0.25, 0.3) is 5.65 Å². The van der Waals surface area contributed by atoms with E-state index in [1.165, 1.54) is 0 Å². The highest BCUT2D eigenvalue weighted by Crippen LogP contribution is 2.40. The van der Waals surface area contributed by atoms with Crippen molar-refractivity contribution in [3.05, 3.63) is 59.7 Å². The first kappa shape index (κ1) is 18.2. The van der Waals surface area contributed by atoms with Crippen LogP contribution in [-0.2, 0) is 0 Å². The van der Waals surface area contributed by atoms with Gasteiger partial charge in [0.15, 0.2) is 0 Å². The molecule has 0 spiro atoms. The molecule has 2 saturated heterocycles. The van der Waals surface area contributed by atoms with E-state index in [0.29, 0.717) is 24.3 Å². The zero-order chi connectivity index (χ0) is 20.0. The number of aromatic nitrogens is 3. The highest BCUT2D eigenvalue weighted by molar-refractivity contribution is 6.01. The van der Waals surface area contributed by atoms with E-state index in [4.69, 9.17) is 4.74 Å². The normalized spacial score (nSPS) is 23.5. The first-order valence-corrected chi connectivity index (χ1v) is 10.4. The molecule has 1 saturated carbocycles. The number of carbonyl (C=O) groups excluding carboxylic acids is 1. The molecular formula is C23H26N4O2. The number of imidazole rings is 1. The second-order valence-corrected chi connectivity index (χ2v) is 8.39. The van der Waals surface area contributed by atoms with Gasteiger partial charge in [-0.25, -0.2) is 9.97 Å². The lowest BCUT2D eigenvalue weighted by Gasteiger charge is -2.49. The average molecular weight is 390 g/mol. The second kappa shape index (κ2) is 7.17. The first-order valence-electron chi connectivity index (χ1n) is 10.4. The van der Waals surface area contributed by atoms with Crippen molar-refractivity contribution < 1.29 is 9.53 Å². The molecule has 2 bridgehead atoms. The zero-order valence-electron chi connectivity index (χ0n) is 16.9. The van der Waals surface area contributed by atoms with Gasteiger partial charge in [-0.3, -0.25) is 4.79 Å². The van der Waals surface area contributed by atoms with Crippen LogP contribution in [0.1, 0.15) is 40.9 Å². The van der Waals surface area contributed by atoms with Crippen LogP contribution >= 0.6 is 0 Å². The summed E-state index contributed by atoms with van der Waals surface area (Å²) in [4.78, 5) is 24.4. The van der Waals surface area contributed by atoms with Crippen LogP contribution in [0.3, 0.4) is 0 Å². The van der Waals surface area contributed by atoms with Crippen LogP contribution in [0, 0.1) is 25.7 Å². The minimum atomic E-state index is 0.123. The van der Waals surface area contributed by atoms with Crippen molar-refractivity contribution in [2.24, 2.45) is 11.8 Å². The van der Waals surface area contributed by atoms with Crippen molar-refractivity contribution >= 4 is 11.6 Å². The van der Waals surface area contributed by atoms with Crippen LogP contribution in [0.5, 0.6) is 5.88 Å². The lowest BCUT2D eigenvalue weighted by molar-refractivity contribution is -0.00468. The minimum absolute atomic E-state index is 0.123. The van der Waals surface area contributed by atoms with Gasteiger partial charge in [0, 0.05) is 42.9 Å². The summed E-state index contributed by atoms with van der Waals surface area (Å²) in [6.07, 6.45) is 8.82. The lowest BCUT2D eigenvalue weighted by atomic mass is 9.72. The van der Waals surface area contributed by atoms with E-state index < -0.39 is 0 Å². The Labute approximate surface area is 170 Å². The Morgan fingerprint density at radius 3 is 2.86 bits per heavy atom. The first-order chi connectivity index (χ1) is 14.1. The number of ether oxygens (including phenoxy) is 1. The number of aryl methyl sites for hydroxylation is 2. The Morgan fingerprint density at radius 1 is 1.21 bits per heavy atom. The number of amides is 1. The molecule has 0 N–H and O–H groups in total. The summed E-state index contributed by atoms with van der Waals surface area (Å²) >= 11 is 0. The van der Waals surface area contributed by atoms with E-state index >= 15 is 0 Å². The van der Waals surface area contributed by atoms with E-state index in [9.17, 15) is 4.79 Å². The number of fused-ring (bicyclic) bond motifs is 4. The number of piperidine rings is 2. The van der Waals surface area contributed by atoms with Crippen molar-refractivity contribution in [2.45, 2.75) is 39.2 Å². The number of hydrogen-bond donors (Lipinski definition) is 0. The third-order valence-electron chi connectivity index (χ3n) is 6.62. The summed E-state index contributed by atoms with van der Waals surface area (Å²) in [5.41, 5.74) is 3.55. The lowest BCUT2D eigenvalue weighted by Crippen LogP contribution is -2.55. The van der Waals surface area contributed by atoms with E-state index in [1.807, 2.05) is 54.9 Å². The molecule has 29 heavy (non-hydrogen) atoms. The molecule has 6 rings (SSSR count). The molecule has 0 aromatic carbocycles. The predicted octanol–water partition coefficient (Wildman–Crippen LogP) is 3.67. The highest BCUT2D eigenvalue weighted by Gasteiger charge is 2.43. The molecule has 0 radical (unpaired) electrons. The van der Waals surface area contributed by atoms with E-state index in [0.717, 1.165) is 48.3 Å². The summed E-state index contributed by atoms with van der Waals surface area (Å²) in [7, 11) is 0. The molecule has 3 aromatic heterocycles. The summed E-state index contributed by atoms with van der Waals surface area (Å²) in [5, 5.41) is 0. The summed E-state index contributed by atoms with van der Waals surface area (Å²) < 4.78 is 7.94. The Morgan fingerprint density at radius 2 is 2.10 bits per heavy atom. The monoisotopic (exact) mass is 390 g/mol. The summed E-state index contributed by atoms with van der Waals surface area (Å²) in [5.74, 6) is 1.76. The van der Waals surface area contributed by atoms with Gasteiger partial charge in [-0.05, 0) is 62.6 Å². The topological polar surface area (TPSA) is 59.7 Å². The smallest absolute Gasteiger partial charge is 0.258 e. The molecule has 3 atom stereocenters. The maximum absolute atomic E-state index is 13.6. The van der Waals surface area contributed by atoms with E-state index in [1.54, 1.807) is 6.20 Å². The molecule has 6 nitrogen and oxygen atoms in total. The van der Waals surface area contributed by atoms with Crippen molar-refractivity contribution in [1.29, 1.82) is 0 Å². The highest BCUT2D eigenvalue weighted by atomic mass is 16.5. The number of carbonyl (C=O) groups is 1. The number of nitrogens with zero attached hydrogens (tertiary/aromatic N) is 4. The molecule has 3 unspecified atom stereocenters.